The van der Waals surface area contributed by atoms with Gasteiger partial charge in [-0.25, -0.2) is 0 Å². The molecule has 0 rings (SSSR count). The van der Waals surface area contributed by atoms with E-state index < -0.39 is 12.1 Å². The first-order valence-corrected chi connectivity index (χ1v) is 36.6. The van der Waals surface area contributed by atoms with Crippen LogP contribution in [0, 0.1) is 0 Å². The molecule has 0 fully saturated rings. The largest absolute Gasteiger partial charge is 0.466 e. The summed E-state index contributed by atoms with van der Waals surface area (Å²) in [7, 11) is 0. The first kappa shape index (κ1) is 78.3. The van der Waals surface area contributed by atoms with Crippen LogP contribution >= 0.6 is 0 Å². The molecule has 0 aliphatic rings. The van der Waals surface area contributed by atoms with Crippen molar-refractivity contribution in [3.05, 3.63) is 24.3 Å². The number of hydrogen-bond donors (Lipinski definition) is 3. The predicted molar refractivity (Wildman–Crippen MR) is 352 cm³/mol. The van der Waals surface area contributed by atoms with Crippen molar-refractivity contribution in [2.24, 2.45) is 0 Å². The van der Waals surface area contributed by atoms with Gasteiger partial charge in [0.05, 0.1) is 25.4 Å². The van der Waals surface area contributed by atoms with Crippen LogP contribution in [0.4, 0.5) is 0 Å². The zero-order valence-electron chi connectivity index (χ0n) is 54.3. The van der Waals surface area contributed by atoms with Crippen LogP contribution in [0.25, 0.3) is 0 Å². The fourth-order valence-corrected chi connectivity index (χ4v) is 11.7. The summed E-state index contributed by atoms with van der Waals surface area (Å²) in [6.07, 6.45) is 88.1. The van der Waals surface area contributed by atoms with E-state index >= 15 is 0 Å². The zero-order chi connectivity index (χ0) is 57.8. The zero-order valence-corrected chi connectivity index (χ0v) is 54.3. The molecule has 0 aromatic heterocycles. The van der Waals surface area contributed by atoms with Gasteiger partial charge >= 0.3 is 5.97 Å². The van der Waals surface area contributed by atoms with E-state index in [9.17, 15) is 19.8 Å². The molecular weight excluding hydrogens is 983 g/mol. The van der Waals surface area contributed by atoms with E-state index in [-0.39, 0.29) is 18.5 Å². The van der Waals surface area contributed by atoms with Gasteiger partial charge in [-0.3, -0.25) is 9.59 Å². The number of ether oxygens (including phenoxy) is 1. The lowest BCUT2D eigenvalue weighted by Crippen LogP contribution is -2.45. The van der Waals surface area contributed by atoms with Crippen molar-refractivity contribution < 1.29 is 24.5 Å². The third-order valence-corrected chi connectivity index (χ3v) is 17.3. The highest BCUT2D eigenvalue weighted by atomic mass is 16.5. The van der Waals surface area contributed by atoms with Gasteiger partial charge in [0.25, 0.3) is 0 Å². The van der Waals surface area contributed by atoms with E-state index in [4.69, 9.17) is 4.74 Å². The molecule has 3 N–H and O–H groups in total. The molecule has 0 radical (unpaired) electrons. The lowest BCUT2D eigenvalue weighted by atomic mass is 10.0. The van der Waals surface area contributed by atoms with Gasteiger partial charge in [0.2, 0.25) is 5.91 Å². The van der Waals surface area contributed by atoms with E-state index in [1.165, 1.54) is 334 Å². The second kappa shape index (κ2) is 69.8. The average molecular weight is 1130 g/mol. The number of allylic oxidation sites excluding steroid dienone is 4. The number of nitrogens with one attached hydrogen (secondary N) is 1. The Balaban J connectivity index is 3.41. The van der Waals surface area contributed by atoms with Crippen LogP contribution in [0.3, 0.4) is 0 Å². The predicted octanol–water partition coefficient (Wildman–Crippen LogP) is 23.7. The van der Waals surface area contributed by atoms with Crippen LogP contribution in [0.1, 0.15) is 412 Å². The Kier molecular flexibility index (Phi) is 68.4. The number of amides is 1. The van der Waals surface area contributed by atoms with Gasteiger partial charge in [-0.2, -0.15) is 0 Å². The van der Waals surface area contributed by atoms with Crippen LogP contribution in [-0.2, 0) is 14.3 Å². The van der Waals surface area contributed by atoms with Gasteiger partial charge in [-0.1, -0.05) is 366 Å². The number of unbranched alkanes of at least 4 members (excludes halogenated alkanes) is 54. The van der Waals surface area contributed by atoms with E-state index in [1.807, 2.05) is 0 Å². The van der Waals surface area contributed by atoms with Crippen LogP contribution in [0.15, 0.2) is 24.3 Å². The van der Waals surface area contributed by atoms with Crippen LogP contribution < -0.4 is 5.32 Å². The number of carbonyl (C=O) groups is 2. The number of rotatable bonds is 69. The molecule has 80 heavy (non-hydrogen) atoms. The Morgan fingerprint density at radius 1 is 0.350 bits per heavy atom. The second-order valence-electron chi connectivity index (χ2n) is 25.3. The van der Waals surface area contributed by atoms with E-state index in [0.29, 0.717) is 25.9 Å². The van der Waals surface area contributed by atoms with Crippen molar-refractivity contribution in [2.45, 2.75) is 424 Å². The Labute approximate surface area is 501 Å². The maximum atomic E-state index is 12.6. The Hall–Kier alpha value is -1.66. The molecule has 1 amide bonds. The molecule has 0 aliphatic heterocycles. The average Bonchev–Trinajstić information content (AvgIpc) is 3.46. The first-order valence-electron chi connectivity index (χ1n) is 36.6. The Morgan fingerprint density at radius 3 is 0.950 bits per heavy atom. The lowest BCUT2D eigenvalue weighted by Gasteiger charge is -2.22. The minimum atomic E-state index is -0.668. The Bertz CT molecular complexity index is 1250. The summed E-state index contributed by atoms with van der Waals surface area (Å²) < 4.78 is 5.48. The van der Waals surface area contributed by atoms with Gasteiger partial charge in [0.1, 0.15) is 0 Å². The second-order valence-corrected chi connectivity index (χ2v) is 25.3. The highest BCUT2D eigenvalue weighted by Gasteiger charge is 2.20. The quantitative estimate of drug-likeness (QED) is 0.0320. The monoisotopic (exact) mass is 1130 g/mol. The number of esters is 1. The molecule has 0 aromatic carbocycles. The van der Waals surface area contributed by atoms with E-state index in [0.717, 1.165) is 44.9 Å². The third-order valence-electron chi connectivity index (χ3n) is 17.3. The molecule has 0 saturated carbocycles. The van der Waals surface area contributed by atoms with Gasteiger partial charge in [0, 0.05) is 12.8 Å². The normalized spacial score (nSPS) is 12.6. The van der Waals surface area contributed by atoms with Crippen LogP contribution in [0.5, 0.6) is 0 Å². The maximum absolute atomic E-state index is 12.6. The summed E-state index contributed by atoms with van der Waals surface area (Å²) in [6.45, 7) is 4.99. The smallest absolute Gasteiger partial charge is 0.305 e. The summed E-state index contributed by atoms with van der Waals surface area (Å²) in [6, 6.07) is -0.545. The standard InChI is InChI=1S/C74H143NO5/c1-3-5-7-9-11-13-15-17-18-19-20-21-22-28-31-34-37-40-43-46-50-54-58-62-66-72(77)71(70-76)75-73(78)67-63-59-55-51-47-44-41-38-35-32-29-26-24-23-25-27-30-33-36-39-42-45-49-53-57-61-65-69-80-74(79)68-64-60-56-52-48-16-14-12-10-8-6-4-2/h23-24,27,30,71-72,76-77H,3-22,25-26,28-29,31-70H2,1-2H3,(H,75,78)/b24-23-,30-27-. The molecule has 6 heteroatoms. The third kappa shape index (κ3) is 65.5. The molecular formula is C74H143NO5. The summed E-state index contributed by atoms with van der Waals surface area (Å²) >= 11 is 0. The molecule has 0 aromatic rings. The fourth-order valence-electron chi connectivity index (χ4n) is 11.7. The van der Waals surface area contributed by atoms with Crippen molar-refractivity contribution in [3.8, 4) is 0 Å². The summed E-state index contributed by atoms with van der Waals surface area (Å²) in [4.78, 5) is 24.6. The molecule has 0 spiro atoms. The number of aliphatic hydroxyl groups excluding tert-OH is 2. The van der Waals surface area contributed by atoms with Crippen molar-refractivity contribution in [2.75, 3.05) is 13.2 Å². The van der Waals surface area contributed by atoms with Gasteiger partial charge in [-0.05, 0) is 57.8 Å². The van der Waals surface area contributed by atoms with Crippen molar-refractivity contribution in [1.29, 1.82) is 0 Å². The van der Waals surface area contributed by atoms with Crippen LogP contribution in [0.2, 0.25) is 0 Å². The fraction of sp³-hybridized carbons (Fsp3) is 0.919. The molecule has 0 saturated heterocycles. The van der Waals surface area contributed by atoms with Gasteiger partial charge in [-0.15, -0.1) is 0 Å². The van der Waals surface area contributed by atoms with E-state index in [2.05, 4.69) is 43.5 Å². The molecule has 0 aliphatic carbocycles. The van der Waals surface area contributed by atoms with Crippen molar-refractivity contribution in [3.63, 3.8) is 0 Å². The molecule has 2 atom stereocenters. The minimum absolute atomic E-state index is 0.0122. The molecule has 474 valence electrons. The van der Waals surface area contributed by atoms with Crippen LogP contribution in [-0.4, -0.2) is 47.4 Å². The summed E-state index contributed by atoms with van der Waals surface area (Å²) in [5, 5.41) is 23.4. The van der Waals surface area contributed by atoms with Gasteiger partial charge in [0.15, 0.2) is 0 Å². The summed E-state index contributed by atoms with van der Waals surface area (Å²) in [5.41, 5.74) is 0. The lowest BCUT2D eigenvalue weighted by molar-refractivity contribution is -0.143. The molecule has 6 nitrogen and oxygen atoms in total. The topological polar surface area (TPSA) is 95.9 Å². The van der Waals surface area contributed by atoms with Crippen molar-refractivity contribution in [1.82, 2.24) is 5.32 Å². The molecule has 2 unspecified atom stereocenters. The highest BCUT2D eigenvalue weighted by molar-refractivity contribution is 5.76. The summed E-state index contributed by atoms with van der Waals surface area (Å²) in [5.74, 6) is -0.0209. The number of carbonyl (C=O) groups excluding carboxylic acids is 2. The number of hydrogen-bond acceptors (Lipinski definition) is 5. The number of aliphatic hydroxyl groups is 2. The maximum Gasteiger partial charge on any atom is 0.305 e. The van der Waals surface area contributed by atoms with Crippen molar-refractivity contribution >= 4 is 11.9 Å². The van der Waals surface area contributed by atoms with E-state index in [1.54, 1.807) is 0 Å². The Morgan fingerprint density at radius 2 is 0.625 bits per heavy atom. The first-order chi connectivity index (χ1) is 39.5. The SMILES string of the molecule is CCCCCCCCCCCCCCCCCCCCCCCCCCC(O)C(CO)NC(=O)CCCCCCCCCCCCC/C=C\C/C=C\CCCCCCCCCCCOC(=O)CCCCCCCCCCCCCC. The molecule has 0 heterocycles. The highest BCUT2D eigenvalue weighted by Crippen LogP contribution is 2.19. The minimum Gasteiger partial charge on any atom is -0.466 e. The van der Waals surface area contributed by atoms with Gasteiger partial charge < -0.3 is 20.3 Å². The molecule has 0 bridgehead atoms.